The van der Waals surface area contributed by atoms with E-state index >= 15 is 0 Å². The minimum absolute atomic E-state index is 0.0826. The van der Waals surface area contributed by atoms with Gasteiger partial charge in [-0.25, -0.2) is 9.59 Å². The van der Waals surface area contributed by atoms with Crippen LogP contribution in [-0.2, 0) is 19.1 Å². The fraction of sp³-hybridized carbons (Fsp3) is 0.375. The van der Waals surface area contributed by atoms with E-state index in [9.17, 15) is 19.7 Å². The molecule has 0 aromatic heterocycles. The summed E-state index contributed by atoms with van der Waals surface area (Å²) in [6.45, 7) is 0. The minimum atomic E-state index is -1.13. The molecule has 3 rings (SSSR count). The van der Waals surface area contributed by atoms with Crippen LogP contribution < -0.4 is 5.32 Å². The summed E-state index contributed by atoms with van der Waals surface area (Å²) >= 11 is 3.20. The number of carbonyl (C=O) groups is 2. The van der Waals surface area contributed by atoms with Gasteiger partial charge in [-0.3, -0.25) is 10.1 Å². The number of nitro groups is 1. The average molecular weight is 411 g/mol. The molecule has 1 saturated carbocycles. The number of benzene rings is 1. The smallest absolute Gasteiger partial charge is 0.350 e. The molecule has 0 radical (unpaired) electrons. The fourth-order valence-electron chi connectivity index (χ4n) is 2.85. The van der Waals surface area contributed by atoms with Crippen molar-refractivity contribution in [3.63, 3.8) is 0 Å². The lowest BCUT2D eigenvalue weighted by molar-refractivity contribution is -0.384. The third kappa shape index (κ3) is 3.65. The molecular formula is C16H15BrN2O6. The molecule has 1 aliphatic heterocycles. The van der Waals surface area contributed by atoms with E-state index < -0.39 is 22.6 Å². The Hall–Kier alpha value is -2.42. The van der Waals surface area contributed by atoms with Crippen LogP contribution >= 0.6 is 15.9 Å². The number of halogens is 1. The Morgan fingerprint density at radius 1 is 1.16 bits per heavy atom. The Balaban J connectivity index is 1.75. The molecule has 1 aromatic rings. The number of anilines is 1. The molecule has 1 N–H and O–H groups in total. The quantitative estimate of drug-likeness (QED) is 0.267. The monoisotopic (exact) mass is 410 g/mol. The number of hydrogen-bond donors (Lipinski definition) is 1. The van der Waals surface area contributed by atoms with Crippen LogP contribution in [0, 0.1) is 10.1 Å². The van der Waals surface area contributed by atoms with Gasteiger partial charge in [0.15, 0.2) is 5.57 Å². The molecule has 1 aliphatic carbocycles. The molecule has 0 unspecified atom stereocenters. The molecule has 1 aromatic carbocycles. The summed E-state index contributed by atoms with van der Waals surface area (Å²) in [4.78, 5) is 34.6. The van der Waals surface area contributed by atoms with E-state index in [1.165, 1.54) is 24.4 Å². The van der Waals surface area contributed by atoms with Crippen LogP contribution in [-0.4, -0.2) is 22.6 Å². The Morgan fingerprint density at radius 3 is 2.36 bits per heavy atom. The predicted molar refractivity (Wildman–Crippen MR) is 90.5 cm³/mol. The highest BCUT2D eigenvalue weighted by atomic mass is 79.9. The lowest BCUT2D eigenvalue weighted by Crippen LogP contribution is -2.47. The molecule has 2 fully saturated rings. The third-order valence-corrected chi connectivity index (χ3v) is 4.80. The van der Waals surface area contributed by atoms with Crippen molar-refractivity contribution in [1.82, 2.24) is 0 Å². The molecule has 2 aliphatic rings. The summed E-state index contributed by atoms with van der Waals surface area (Å²) in [5, 5.41) is 13.5. The molecule has 0 atom stereocenters. The number of esters is 2. The highest BCUT2D eigenvalue weighted by molar-refractivity contribution is 9.10. The topological polar surface area (TPSA) is 108 Å². The molecule has 0 amide bonds. The highest BCUT2D eigenvalue weighted by Crippen LogP contribution is 2.37. The van der Waals surface area contributed by atoms with Crippen molar-refractivity contribution in [2.24, 2.45) is 0 Å². The van der Waals surface area contributed by atoms with Gasteiger partial charge in [0.2, 0.25) is 0 Å². The average Bonchev–Trinajstić information content (AvgIpc) is 2.55. The Kier molecular flexibility index (Phi) is 4.76. The van der Waals surface area contributed by atoms with Crippen molar-refractivity contribution in [3.05, 3.63) is 44.6 Å². The number of hydrogen-bond acceptors (Lipinski definition) is 7. The third-order valence-electron chi connectivity index (χ3n) is 4.15. The molecule has 1 saturated heterocycles. The van der Waals surface area contributed by atoms with Crippen LogP contribution in [0.2, 0.25) is 0 Å². The van der Waals surface area contributed by atoms with Gasteiger partial charge < -0.3 is 14.8 Å². The van der Waals surface area contributed by atoms with Crippen LogP contribution in [0.15, 0.2) is 34.4 Å². The zero-order chi connectivity index (χ0) is 18.0. The van der Waals surface area contributed by atoms with Gasteiger partial charge in [0.1, 0.15) is 0 Å². The number of nitro benzene ring substituents is 1. The summed E-state index contributed by atoms with van der Waals surface area (Å²) < 4.78 is 11.2. The second-order valence-electron chi connectivity index (χ2n) is 5.87. The summed E-state index contributed by atoms with van der Waals surface area (Å²) in [6, 6.07) is 4.08. The van der Waals surface area contributed by atoms with Crippen molar-refractivity contribution in [2.75, 3.05) is 5.32 Å². The maximum absolute atomic E-state index is 12.2. The first kappa shape index (κ1) is 17.4. The number of carbonyl (C=O) groups excluding carboxylic acids is 2. The predicted octanol–water partition coefficient (Wildman–Crippen LogP) is 3.41. The number of ether oxygens (including phenoxy) is 2. The second-order valence-corrected chi connectivity index (χ2v) is 6.73. The molecule has 1 heterocycles. The van der Waals surface area contributed by atoms with Gasteiger partial charge in [-0.2, -0.15) is 0 Å². The zero-order valence-corrected chi connectivity index (χ0v) is 14.7. The summed E-state index contributed by atoms with van der Waals surface area (Å²) in [6.07, 6.45) is 4.92. The summed E-state index contributed by atoms with van der Waals surface area (Å²) in [5.74, 6) is -2.59. The molecule has 25 heavy (non-hydrogen) atoms. The molecule has 132 valence electrons. The number of non-ortho nitro benzene ring substituents is 1. The van der Waals surface area contributed by atoms with E-state index in [1.807, 2.05) is 0 Å². The van der Waals surface area contributed by atoms with Crippen LogP contribution in [0.25, 0.3) is 0 Å². The van der Waals surface area contributed by atoms with Crippen LogP contribution in [0.5, 0.6) is 0 Å². The number of nitrogens with one attached hydrogen (secondary N) is 1. The first-order chi connectivity index (χ1) is 11.9. The maximum atomic E-state index is 12.2. The Morgan fingerprint density at radius 2 is 1.80 bits per heavy atom. The van der Waals surface area contributed by atoms with Crippen LogP contribution in [0.3, 0.4) is 0 Å². The van der Waals surface area contributed by atoms with Crippen LogP contribution in [0.1, 0.15) is 32.1 Å². The Bertz CT molecular complexity index is 748. The van der Waals surface area contributed by atoms with Crippen molar-refractivity contribution in [3.8, 4) is 0 Å². The number of rotatable bonds is 3. The second kappa shape index (κ2) is 6.83. The lowest BCUT2D eigenvalue weighted by Gasteiger charge is -2.38. The van der Waals surface area contributed by atoms with E-state index in [1.54, 1.807) is 0 Å². The molecule has 9 heteroatoms. The van der Waals surface area contributed by atoms with Gasteiger partial charge in [0.05, 0.1) is 10.6 Å². The highest BCUT2D eigenvalue weighted by Gasteiger charge is 2.46. The SMILES string of the molecule is O=C1OC2(CCCCC2)OC(=O)C1=CNc1ccc([N+](=O)[O-])cc1Br. The largest absolute Gasteiger partial charge is 0.419 e. The fourth-order valence-corrected chi connectivity index (χ4v) is 3.33. The van der Waals surface area contributed by atoms with Gasteiger partial charge in [0, 0.05) is 35.6 Å². The van der Waals surface area contributed by atoms with Gasteiger partial charge in [-0.15, -0.1) is 0 Å². The van der Waals surface area contributed by atoms with Gasteiger partial charge in [-0.05, 0) is 34.8 Å². The van der Waals surface area contributed by atoms with E-state index in [0.717, 1.165) is 19.3 Å². The van der Waals surface area contributed by atoms with E-state index in [2.05, 4.69) is 21.2 Å². The van der Waals surface area contributed by atoms with E-state index in [4.69, 9.17) is 9.47 Å². The summed E-state index contributed by atoms with van der Waals surface area (Å²) in [5.41, 5.74) is 0.124. The molecular weight excluding hydrogens is 396 g/mol. The number of nitrogens with zero attached hydrogens (tertiary/aromatic N) is 1. The summed E-state index contributed by atoms with van der Waals surface area (Å²) in [7, 11) is 0. The standard InChI is InChI=1S/C16H15BrN2O6/c17-12-8-10(19(22)23)4-5-13(12)18-9-11-14(20)24-16(25-15(11)21)6-2-1-3-7-16/h4-5,8-9,18H,1-3,6-7H2. The zero-order valence-electron chi connectivity index (χ0n) is 13.1. The maximum Gasteiger partial charge on any atom is 0.350 e. The van der Waals surface area contributed by atoms with Crippen LogP contribution in [0.4, 0.5) is 11.4 Å². The van der Waals surface area contributed by atoms with Crippen molar-refractivity contribution >= 4 is 39.2 Å². The van der Waals surface area contributed by atoms with Crippen molar-refractivity contribution < 1.29 is 24.0 Å². The van der Waals surface area contributed by atoms with E-state index in [0.29, 0.717) is 23.0 Å². The van der Waals surface area contributed by atoms with Crippen molar-refractivity contribution in [1.29, 1.82) is 0 Å². The van der Waals surface area contributed by atoms with E-state index in [-0.39, 0.29) is 11.3 Å². The first-order valence-electron chi connectivity index (χ1n) is 7.77. The minimum Gasteiger partial charge on any atom is -0.419 e. The van der Waals surface area contributed by atoms with Gasteiger partial charge in [-0.1, -0.05) is 6.42 Å². The van der Waals surface area contributed by atoms with Gasteiger partial charge >= 0.3 is 11.9 Å². The Labute approximate surface area is 151 Å². The molecule has 0 bridgehead atoms. The molecule has 1 spiro atoms. The normalized spacial score (nSPS) is 19.2. The van der Waals surface area contributed by atoms with Crippen molar-refractivity contribution in [2.45, 2.75) is 37.9 Å². The van der Waals surface area contributed by atoms with Gasteiger partial charge in [0.25, 0.3) is 11.5 Å². The lowest BCUT2D eigenvalue weighted by atomic mass is 9.93. The first-order valence-corrected chi connectivity index (χ1v) is 8.57. The molecule has 8 nitrogen and oxygen atoms in total.